The van der Waals surface area contributed by atoms with Crippen LogP contribution in [-0.4, -0.2) is 46.3 Å². The molecule has 11 heteroatoms. The van der Waals surface area contributed by atoms with Crippen molar-refractivity contribution in [3.05, 3.63) is 100 Å². The fraction of sp³-hybridized carbons (Fsp3) is 0.100. The van der Waals surface area contributed by atoms with Crippen LogP contribution in [0.4, 0.5) is 0 Å². The van der Waals surface area contributed by atoms with Gasteiger partial charge in [0.25, 0.3) is 0 Å². The van der Waals surface area contributed by atoms with Gasteiger partial charge in [0.2, 0.25) is 11.2 Å². The van der Waals surface area contributed by atoms with Crippen LogP contribution in [0.25, 0.3) is 33.2 Å². The van der Waals surface area contributed by atoms with Gasteiger partial charge in [-0.05, 0) is 36.4 Å². The van der Waals surface area contributed by atoms with Gasteiger partial charge in [0.1, 0.15) is 17.9 Å². The number of carbonyl (C=O) groups is 3. The Morgan fingerprint density at radius 3 is 2.41 bits per heavy atom. The molecule has 2 heterocycles. The monoisotopic (exact) mass is 555 g/mol. The molecule has 11 nitrogen and oxygen atoms in total. The lowest BCUT2D eigenvalue weighted by Crippen LogP contribution is -2.17. The Balaban J connectivity index is 1.53. The lowest BCUT2D eigenvalue weighted by atomic mass is 10.1. The van der Waals surface area contributed by atoms with Crippen LogP contribution in [0.3, 0.4) is 0 Å². The van der Waals surface area contributed by atoms with E-state index in [1.807, 2.05) is 36.4 Å². The number of esters is 1. The first kappa shape index (κ1) is 26.9. The van der Waals surface area contributed by atoms with Crippen LogP contribution in [0.1, 0.15) is 16.1 Å². The number of fused-ring (bicyclic) bond motifs is 2. The van der Waals surface area contributed by atoms with Gasteiger partial charge in [0, 0.05) is 10.9 Å². The molecule has 0 unspecified atom stereocenters. The van der Waals surface area contributed by atoms with Crippen LogP contribution in [0.15, 0.2) is 88.1 Å². The van der Waals surface area contributed by atoms with Crippen LogP contribution in [0, 0.1) is 0 Å². The van der Waals surface area contributed by atoms with Gasteiger partial charge in [-0.1, -0.05) is 42.5 Å². The van der Waals surface area contributed by atoms with Gasteiger partial charge in [0.05, 0.1) is 16.6 Å². The molecule has 5 aromatic rings. The molecule has 2 N–H and O–H groups in total. The number of aliphatic carboxylic acids is 2. The van der Waals surface area contributed by atoms with E-state index in [1.165, 1.54) is 18.2 Å². The van der Waals surface area contributed by atoms with Crippen LogP contribution in [0.2, 0.25) is 0 Å². The third-order valence-corrected chi connectivity index (χ3v) is 5.90. The molecule has 0 bridgehead atoms. The second-order valence-electron chi connectivity index (χ2n) is 8.74. The van der Waals surface area contributed by atoms with Crippen LogP contribution < -0.4 is 14.9 Å². The first-order valence-electron chi connectivity index (χ1n) is 12.2. The molecule has 3 aromatic carbocycles. The average molecular weight is 555 g/mol. The van der Waals surface area contributed by atoms with Gasteiger partial charge in [-0.2, -0.15) is 0 Å². The van der Waals surface area contributed by atoms with Gasteiger partial charge in [-0.3, -0.25) is 4.79 Å². The van der Waals surface area contributed by atoms with Crippen LogP contribution in [-0.2, 0) is 20.9 Å². The van der Waals surface area contributed by atoms with Crippen molar-refractivity contribution < 1.29 is 43.2 Å². The second-order valence-corrected chi connectivity index (χ2v) is 8.74. The van der Waals surface area contributed by atoms with Gasteiger partial charge < -0.3 is 28.8 Å². The van der Waals surface area contributed by atoms with E-state index >= 15 is 0 Å². The van der Waals surface area contributed by atoms with E-state index in [-0.39, 0.29) is 34.6 Å². The van der Waals surface area contributed by atoms with Crippen molar-refractivity contribution in [2.24, 2.45) is 0 Å². The summed E-state index contributed by atoms with van der Waals surface area (Å²) in [6.07, 6.45) is 0. The smallest absolute Gasteiger partial charge is 0.342 e. The maximum atomic E-state index is 13.4. The highest BCUT2D eigenvalue weighted by molar-refractivity contribution is 6.03. The number of pyridine rings is 1. The number of hydrogen-bond donors (Lipinski definition) is 2. The van der Waals surface area contributed by atoms with Crippen molar-refractivity contribution in [3.63, 3.8) is 0 Å². The van der Waals surface area contributed by atoms with E-state index in [4.69, 9.17) is 28.8 Å². The number of nitrogens with zero attached hydrogens (tertiary/aromatic N) is 1. The third-order valence-electron chi connectivity index (χ3n) is 5.90. The minimum absolute atomic E-state index is 0.0892. The predicted octanol–water partition coefficient (Wildman–Crippen LogP) is 4.29. The highest BCUT2D eigenvalue weighted by Crippen LogP contribution is 2.34. The third kappa shape index (κ3) is 5.98. The van der Waals surface area contributed by atoms with Gasteiger partial charge in [0.15, 0.2) is 24.6 Å². The zero-order valence-corrected chi connectivity index (χ0v) is 21.2. The van der Waals surface area contributed by atoms with Gasteiger partial charge in [-0.15, -0.1) is 0 Å². The topological polar surface area (TPSA) is 162 Å². The van der Waals surface area contributed by atoms with E-state index in [1.54, 1.807) is 24.3 Å². The molecule has 0 radical (unpaired) electrons. The zero-order valence-electron chi connectivity index (χ0n) is 21.2. The average Bonchev–Trinajstić information content (AvgIpc) is 2.98. The molecule has 5 rings (SSSR count). The first-order valence-corrected chi connectivity index (χ1v) is 12.2. The SMILES string of the molecule is O=C(O)COC(=O)c1cccc2c(=O)c(OCC(=O)O)c(-c3cccc(OCc4ccc5ccccc5n4)c3)oc12. The Hall–Kier alpha value is -5.71. The molecule has 0 saturated carbocycles. The summed E-state index contributed by atoms with van der Waals surface area (Å²) in [5.41, 5.74) is 0.683. The van der Waals surface area contributed by atoms with Gasteiger partial charge >= 0.3 is 17.9 Å². The first-order chi connectivity index (χ1) is 19.8. The molecule has 0 aliphatic carbocycles. The van der Waals surface area contributed by atoms with Crippen molar-refractivity contribution in [3.8, 4) is 22.8 Å². The highest BCUT2D eigenvalue weighted by Gasteiger charge is 2.23. The summed E-state index contributed by atoms with van der Waals surface area (Å²) in [6.45, 7) is -1.58. The Bertz CT molecular complexity index is 1860. The molecule has 0 saturated heterocycles. The van der Waals surface area contributed by atoms with Crippen molar-refractivity contribution in [1.29, 1.82) is 0 Å². The lowest BCUT2D eigenvalue weighted by molar-refractivity contribution is -0.141. The molecular weight excluding hydrogens is 534 g/mol. The van der Waals surface area contributed by atoms with Crippen molar-refractivity contribution in [1.82, 2.24) is 4.98 Å². The maximum Gasteiger partial charge on any atom is 0.342 e. The summed E-state index contributed by atoms with van der Waals surface area (Å²) >= 11 is 0. The minimum Gasteiger partial charge on any atom is -0.487 e. The molecule has 0 spiro atoms. The number of ether oxygens (including phenoxy) is 3. The number of rotatable bonds is 10. The maximum absolute atomic E-state index is 13.4. The molecule has 0 amide bonds. The molecule has 0 aliphatic heterocycles. The number of carbonyl (C=O) groups excluding carboxylic acids is 1. The molecule has 0 atom stereocenters. The number of aromatic nitrogens is 1. The number of carboxylic acids is 2. The summed E-state index contributed by atoms with van der Waals surface area (Å²) < 4.78 is 22.0. The summed E-state index contributed by atoms with van der Waals surface area (Å²) in [5.74, 6) is -3.85. The number of carboxylic acid groups (broad SMARTS) is 2. The fourth-order valence-corrected chi connectivity index (χ4v) is 4.09. The summed E-state index contributed by atoms with van der Waals surface area (Å²) in [5, 5.41) is 18.9. The van der Waals surface area contributed by atoms with Gasteiger partial charge in [-0.25, -0.2) is 19.4 Å². The highest BCUT2D eigenvalue weighted by atomic mass is 16.6. The van der Waals surface area contributed by atoms with Crippen molar-refractivity contribution in [2.75, 3.05) is 13.2 Å². The van der Waals surface area contributed by atoms with E-state index in [9.17, 15) is 19.2 Å². The number of hydrogen-bond acceptors (Lipinski definition) is 9. The lowest BCUT2D eigenvalue weighted by Gasteiger charge is -2.13. The Kier molecular flexibility index (Phi) is 7.59. The molecule has 41 heavy (non-hydrogen) atoms. The van der Waals surface area contributed by atoms with Crippen molar-refractivity contribution in [2.45, 2.75) is 6.61 Å². The standard InChI is InChI=1S/C30H21NO10/c32-24(33)15-39-29-26(36)21-8-4-9-22(30(37)40-16-25(34)35)28(21)41-27(29)18-6-3-7-20(13-18)38-14-19-12-11-17-5-1-2-10-23(17)31-19/h1-13H,14-16H2,(H,32,33)(H,34,35). The van der Waals surface area contributed by atoms with E-state index in [2.05, 4.69) is 4.98 Å². The number of benzene rings is 3. The molecule has 206 valence electrons. The molecule has 2 aromatic heterocycles. The quantitative estimate of drug-likeness (QED) is 0.236. The van der Waals surface area contributed by atoms with Crippen molar-refractivity contribution >= 4 is 39.8 Å². The molecular formula is C30H21NO10. The summed E-state index contributed by atoms with van der Waals surface area (Å²) in [7, 11) is 0. The fourth-order valence-electron chi connectivity index (χ4n) is 4.09. The van der Waals surface area contributed by atoms with E-state index in [0.717, 1.165) is 10.9 Å². The van der Waals surface area contributed by atoms with Crippen LogP contribution in [0.5, 0.6) is 11.5 Å². The van der Waals surface area contributed by atoms with E-state index < -0.39 is 36.6 Å². The Morgan fingerprint density at radius 1 is 0.829 bits per heavy atom. The molecule has 0 fully saturated rings. The Morgan fingerprint density at radius 2 is 1.61 bits per heavy atom. The Labute approximate surface area is 231 Å². The largest absolute Gasteiger partial charge is 0.487 e. The van der Waals surface area contributed by atoms with Crippen LogP contribution >= 0.6 is 0 Å². The molecule has 0 aliphatic rings. The number of para-hydroxylation sites is 2. The second kappa shape index (κ2) is 11.6. The normalized spacial score (nSPS) is 10.8. The zero-order chi connectivity index (χ0) is 28.9. The predicted molar refractivity (Wildman–Crippen MR) is 145 cm³/mol. The summed E-state index contributed by atoms with van der Waals surface area (Å²) in [6, 6.07) is 22.0. The summed E-state index contributed by atoms with van der Waals surface area (Å²) in [4.78, 5) is 52.7. The van der Waals surface area contributed by atoms with E-state index in [0.29, 0.717) is 17.0 Å². The minimum atomic E-state index is -1.36.